The number of aliphatic hydroxyl groups excluding tert-OH is 1. The first-order valence-corrected chi connectivity index (χ1v) is 4.80. The van der Waals surface area contributed by atoms with Crippen molar-refractivity contribution in [1.29, 1.82) is 0 Å². The summed E-state index contributed by atoms with van der Waals surface area (Å²) < 4.78 is 0. The number of nitrogens with one attached hydrogen (secondary N) is 1. The second kappa shape index (κ2) is 4.54. The molecule has 1 aromatic rings. The van der Waals surface area contributed by atoms with Crippen LogP contribution in [0, 0.1) is 6.92 Å². The molecule has 0 saturated heterocycles. The molecule has 68 valence electrons. The van der Waals surface area contributed by atoms with Crippen molar-refractivity contribution in [3.8, 4) is 0 Å². The number of rotatable bonds is 4. The van der Waals surface area contributed by atoms with Crippen molar-refractivity contribution in [3.63, 3.8) is 0 Å². The number of aryl methyl sites for hydroxylation is 1. The van der Waals surface area contributed by atoms with E-state index in [-0.39, 0.29) is 6.10 Å². The molecule has 0 aromatic carbocycles. The predicted molar refractivity (Wildman–Crippen MR) is 50.2 cm³/mol. The molecule has 3 nitrogen and oxygen atoms in total. The van der Waals surface area contributed by atoms with Gasteiger partial charge in [0.15, 0.2) is 0 Å². The maximum Gasteiger partial charge on any atom is 0.107 e. The Balaban J connectivity index is 2.24. The van der Waals surface area contributed by atoms with Crippen LogP contribution in [-0.2, 0) is 6.54 Å². The van der Waals surface area contributed by atoms with Crippen molar-refractivity contribution in [2.24, 2.45) is 0 Å². The van der Waals surface area contributed by atoms with Gasteiger partial charge in [0, 0.05) is 24.2 Å². The summed E-state index contributed by atoms with van der Waals surface area (Å²) in [6.07, 6.45) is 1.58. The maximum atomic E-state index is 8.96. The van der Waals surface area contributed by atoms with E-state index >= 15 is 0 Å². The van der Waals surface area contributed by atoms with Crippen LogP contribution in [0.25, 0.3) is 0 Å². The van der Waals surface area contributed by atoms with Crippen molar-refractivity contribution in [2.75, 3.05) is 6.54 Å². The molecule has 0 spiro atoms. The highest BCUT2D eigenvalue weighted by Crippen LogP contribution is 2.10. The summed E-state index contributed by atoms with van der Waals surface area (Å²) in [7, 11) is 0. The highest BCUT2D eigenvalue weighted by atomic mass is 32.1. The molecule has 2 N–H and O–H groups in total. The van der Waals surface area contributed by atoms with E-state index in [2.05, 4.69) is 10.3 Å². The molecule has 1 atom stereocenters. The smallest absolute Gasteiger partial charge is 0.107 e. The van der Waals surface area contributed by atoms with Crippen LogP contribution in [0.2, 0.25) is 0 Å². The zero-order valence-electron chi connectivity index (χ0n) is 7.37. The lowest BCUT2D eigenvalue weighted by Gasteiger charge is -2.03. The van der Waals surface area contributed by atoms with E-state index < -0.39 is 0 Å². The third-order valence-corrected chi connectivity index (χ3v) is 2.30. The number of aromatic nitrogens is 1. The minimum absolute atomic E-state index is 0.286. The quantitative estimate of drug-likeness (QED) is 0.735. The third kappa shape index (κ3) is 3.30. The fourth-order valence-electron chi connectivity index (χ4n) is 0.871. The summed E-state index contributed by atoms with van der Waals surface area (Å²) in [5.74, 6) is 0. The molecule has 0 radical (unpaired) electrons. The first kappa shape index (κ1) is 9.64. The Bertz CT molecular complexity index is 235. The van der Waals surface area contributed by atoms with Gasteiger partial charge in [0.2, 0.25) is 0 Å². The first-order chi connectivity index (χ1) is 5.68. The van der Waals surface area contributed by atoms with Crippen LogP contribution in [0.15, 0.2) is 6.20 Å². The topological polar surface area (TPSA) is 45.2 Å². The minimum atomic E-state index is -0.286. The summed E-state index contributed by atoms with van der Waals surface area (Å²) in [6.45, 7) is 5.18. The average Bonchev–Trinajstić information content (AvgIpc) is 2.35. The molecule has 1 aromatic heterocycles. The molecule has 0 aliphatic carbocycles. The molecule has 0 aliphatic rings. The molecule has 0 unspecified atom stereocenters. The average molecular weight is 186 g/mol. The van der Waals surface area contributed by atoms with Crippen molar-refractivity contribution in [3.05, 3.63) is 16.1 Å². The molecule has 1 heterocycles. The molecule has 0 amide bonds. The van der Waals surface area contributed by atoms with Crippen LogP contribution < -0.4 is 5.32 Å². The molecule has 0 bridgehead atoms. The van der Waals surface area contributed by atoms with Crippen LogP contribution in [-0.4, -0.2) is 22.7 Å². The third-order valence-electron chi connectivity index (χ3n) is 1.39. The number of thiazole rings is 1. The Labute approximate surface area is 76.5 Å². The second-order valence-electron chi connectivity index (χ2n) is 2.84. The molecule has 4 heteroatoms. The number of nitrogens with zero attached hydrogens (tertiary/aromatic N) is 1. The van der Waals surface area contributed by atoms with Gasteiger partial charge in [0.1, 0.15) is 5.01 Å². The largest absolute Gasteiger partial charge is 0.392 e. The molecule has 12 heavy (non-hydrogen) atoms. The van der Waals surface area contributed by atoms with E-state index in [1.165, 1.54) is 4.88 Å². The fourth-order valence-corrected chi connectivity index (χ4v) is 1.63. The van der Waals surface area contributed by atoms with Crippen LogP contribution >= 0.6 is 11.3 Å². The predicted octanol–water partition coefficient (Wildman–Crippen LogP) is 0.922. The molecule has 0 aliphatic heterocycles. The lowest BCUT2D eigenvalue weighted by Crippen LogP contribution is -2.23. The van der Waals surface area contributed by atoms with Gasteiger partial charge in [-0.2, -0.15) is 0 Å². The van der Waals surface area contributed by atoms with Gasteiger partial charge in [-0.15, -0.1) is 11.3 Å². The Morgan fingerprint density at radius 1 is 1.75 bits per heavy atom. The normalized spacial score (nSPS) is 13.2. The Kier molecular flexibility index (Phi) is 3.65. The van der Waals surface area contributed by atoms with Crippen LogP contribution in [0.4, 0.5) is 0 Å². The van der Waals surface area contributed by atoms with Crippen LogP contribution in [0.3, 0.4) is 0 Å². The van der Waals surface area contributed by atoms with E-state index in [0.29, 0.717) is 6.54 Å². The van der Waals surface area contributed by atoms with Crippen molar-refractivity contribution >= 4 is 11.3 Å². The minimum Gasteiger partial charge on any atom is -0.392 e. The summed E-state index contributed by atoms with van der Waals surface area (Å²) in [5.41, 5.74) is 0. The Morgan fingerprint density at radius 2 is 2.50 bits per heavy atom. The molecular weight excluding hydrogens is 172 g/mol. The lowest BCUT2D eigenvalue weighted by atomic mass is 10.4. The van der Waals surface area contributed by atoms with Crippen molar-refractivity contribution < 1.29 is 5.11 Å². The first-order valence-electron chi connectivity index (χ1n) is 3.98. The van der Waals surface area contributed by atoms with Gasteiger partial charge >= 0.3 is 0 Å². The van der Waals surface area contributed by atoms with Gasteiger partial charge in [-0.05, 0) is 13.8 Å². The Morgan fingerprint density at radius 3 is 3.00 bits per heavy atom. The zero-order valence-corrected chi connectivity index (χ0v) is 8.19. The van der Waals surface area contributed by atoms with E-state index in [9.17, 15) is 0 Å². The van der Waals surface area contributed by atoms with Gasteiger partial charge in [-0.3, -0.25) is 0 Å². The van der Waals surface area contributed by atoms with Crippen molar-refractivity contribution in [1.82, 2.24) is 10.3 Å². The van der Waals surface area contributed by atoms with E-state index in [1.807, 2.05) is 13.1 Å². The zero-order chi connectivity index (χ0) is 8.97. The summed E-state index contributed by atoms with van der Waals surface area (Å²) in [6, 6.07) is 0. The number of hydrogen-bond donors (Lipinski definition) is 2. The van der Waals surface area contributed by atoms with Gasteiger partial charge in [0.05, 0.1) is 6.10 Å². The van der Waals surface area contributed by atoms with Gasteiger partial charge in [-0.1, -0.05) is 0 Å². The molecule has 0 fully saturated rings. The summed E-state index contributed by atoms with van der Waals surface area (Å²) >= 11 is 1.68. The summed E-state index contributed by atoms with van der Waals surface area (Å²) in [5, 5.41) is 13.1. The van der Waals surface area contributed by atoms with E-state index in [4.69, 9.17) is 5.11 Å². The highest BCUT2D eigenvalue weighted by Gasteiger charge is 1.98. The van der Waals surface area contributed by atoms with Gasteiger partial charge in [0.25, 0.3) is 0 Å². The standard InChI is InChI=1S/C8H14N2OS/c1-6(11)3-9-5-8-10-4-7(2)12-8/h4,6,9,11H,3,5H2,1-2H3/t6-/m0/s1. The SMILES string of the molecule is Cc1cnc(CNC[C@H](C)O)s1. The second-order valence-corrected chi connectivity index (χ2v) is 4.16. The van der Waals surface area contributed by atoms with Crippen LogP contribution in [0.5, 0.6) is 0 Å². The van der Waals surface area contributed by atoms with E-state index in [1.54, 1.807) is 18.3 Å². The monoisotopic (exact) mass is 186 g/mol. The summed E-state index contributed by atoms with van der Waals surface area (Å²) in [4.78, 5) is 5.41. The van der Waals surface area contributed by atoms with Gasteiger partial charge < -0.3 is 10.4 Å². The maximum absolute atomic E-state index is 8.96. The highest BCUT2D eigenvalue weighted by molar-refractivity contribution is 7.11. The van der Waals surface area contributed by atoms with E-state index in [0.717, 1.165) is 11.6 Å². The molecule has 0 saturated carbocycles. The molecule has 1 rings (SSSR count). The lowest BCUT2D eigenvalue weighted by molar-refractivity contribution is 0.191. The number of aliphatic hydroxyl groups is 1. The molecular formula is C8H14N2OS. The number of hydrogen-bond acceptors (Lipinski definition) is 4. The fraction of sp³-hybridized carbons (Fsp3) is 0.625. The Hall–Kier alpha value is -0.450. The van der Waals surface area contributed by atoms with Crippen LogP contribution in [0.1, 0.15) is 16.8 Å². The van der Waals surface area contributed by atoms with Crippen molar-refractivity contribution in [2.45, 2.75) is 26.5 Å². The van der Waals surface area contributed by atoms with Gasteiger partial charge in [-0.25, -0.2) is 4.98 Å².